The zero-order valence-electron chi connectivity index (χ0n) is 12.2. The molecule has 0 aromatic heterocycles. The first-order chi connectivity index (χ1) is 10.2. The van der Waals surface area contributed by atoms with Crippen molar-refractivity contribution >= 4 is 17.3 Å². The monoisotopic (exact) mass is 291 g/mol. The molecule has 1 atom stereocenters. The summed E-state index contributed by atoms with van der Waals surface area (Å²) in [4.78, 5) is 16.3. The molecular formula is C15H21N3O3. The van der Waals surface area contributed by atoms with Gasteiger partial charge in [-0.15, -0.1) is 0 Å². The molecular weight excluding hydrogens is 270 g/mol. The van der Waals surface area contributed by atoms with E-state index in [1.807, 2.05) is 6.07 Å². The Balaban J connectivity index is 1.78. The average Bonchev–Trinajstić information content (AvgIpc) is 2.50. The van der Waals surface area contributed by atoms with E-state index in [9.17, 15) is 4.79 Å². The molecule has 2 heterocycles. The van der Waals surface area contributed by atoms with Crippen LogP contribution in [0.25, 0.3) is 0 Å². The number of ether oxygens (including phenoxy) is 2. The van der Waals surface area contributed by atoms with Crippen LogP contribution >= 0.6 is 0 Å². The van der Waals surface area contributed by atoms with E-state index >= 15 is 0 Å². The predicted octanol–water partition coefficient (Wildman–Crippen LogP) is 0.715. The topological polar surface area (TPSA) is 68.0 Å². The first kappa shape index (κ1) is 14.2. The quantitative estimate of drug-likeness (QED) is 0.831. The highest BCUT2D eigenvalue weighted by atomic mass is 16.5. The van der Waals surface area contributed by atoms with Crippen molar-refractivity contribution in [3.05, 3.63) is 18.2 Å². The van der Waals surface area contributed by atoms with Gasteiger partial charge in [-0.25, -0.2) is 0 Å². The van der Waals surface area contributed by atoms with Crippen LogP contribution in [-0.2, 0) is 9.53 Å². The highest BCUT2D eigenvalue weighted by Gasteiger charge is 2.30. The van der Waals surface area contributed by atoms with Gasteiger partial charge in [0.05, 0.1) is 24.9 Å². The molecule has 6 heteroatoms. The summed E-state index contributed by atoms with van der Waals surface area (Å²) in [6, 6.07) is 5.37. The second kappa shape index (κ2) is 5.91. The zero-order chi connectivity index (χ0) is 14.8. The molecule has 1 fully saturated rings. The third-order valence-corrected chi connectivity index (χ3v) is 3.98. The molecule has 0 saturated carbocycles. The van der Waals surface area contributed by atoms with Crippen LogP contribution in [0.1, 0.15) is 6.92 Å². The van der Waals surface area contributed by atoms with Gasteiger partial charge < -0.3 is 20.1 Å². The molecule has 2 N–H and O–H groups in total. The first-order valence-corrected chi connectivity index (χ1v) is 7.34. The number of fused-ring (bicyclic) bond motifs is 1. The molecule has 6 nitrogen and oxygen atoms in total. The standard InChI is InChI=1S/C15H21N3O3/c1-2-17-5-6-20-12(8-17)9-18-13-7-11(16)3-4-14(13)21-10-15(18)19/h3-4,7,12H,2,5-6,8-10,16H2,1H3. The van der Waals surface area contributed by atoms with Gasteiger partial charge in [-0.2, -0.15) is 0 Å². The number of nitrogen functional groups attached to an aromatic ring is 1. The lowest BCUT2D eigenvalue weighted by Crippen LogP contribution is -2.50. The molecule has 1 saturated heterocycles. The van der Waals surface area contributed by atoms with Gasteiger partial charge >= 0.3 is 0 Å². The largest absolute Gasteiger partial charge is 0.482 e. The Morgan fingerprint density at radius 2 is 2.29 bits per heavy atom. The molecule has 1 unspecified atom stereocenters. The fourth-order valence-electron chi connectivity index (χ4n) is 2.80. The van der Waals surface area contributed by atoms with Crippen molar-refractivity contribution in [1.82, 2.24) is 4.90 Å². The number of rotatable bonds is 3. The van der Waals surface area contributed by atoms with Gasteiger partial charge in [0.15, 0.2) is 6.61 Å². The Kier molecular flexibility index (Phi) is 3.98. The number of amides is 1. The van der Waals surface area contributed by atoms with Gasteiger partial charge in [0.2, 0.25) is 0 Å². The predicted molar refractivity (Wildman–Crippen MR) is 80.6 cm³/mol. The second-order valence-corrected chi connectivity index (χ2v) is 5.41. The Bertz CT molecular complexity index is 535. The number of nitrogens with zero attached hydrogens (tertiary/aromatic N) is 2. The van der Waals surface area contributed by atoms with Crippen molar-refractivity contribution in [1.29, 1.82) is 0 Å². The minimum absolute atomic E-state index is 0.0232. The minimum Gasteiger partial charge on any atom is -0.482 e. The van der Waals surface area contributed by atoms with E-state index in [2.05, 4.69) is 11.8 Å². The molecule has 0 radical (unpaired) electrons. The van der Waals surface area contributed by atoms with Crippen LogP contribution in [-0.4, -0.2) is 56.3 Å². The van der Waals surface area contributed by atoms with Crippen LogP contribution in [0.2, 0.25) is 0 Å². The van der Waals surface area contributed by atoms with Crippen molar-refractivity contribution in [2.24, 2.45) is 0 Å². The molecule has 0 aliphatic carbocycles. The van der Waals surface area contributed by atoms with Crippen molar-refractivity contribution in [3.63, 3.8) is 0 Å². The van der Waals surface area contributed by atoms with Gasteiger partial charge in [-0.05, 0) is 24.7 Å². The maximum atomic E-state index is 12.2. The fourth-order valence-corrected chi connectivity index (χ4v) is 2.80. The SMILES string of the molecule is CCN1CCOC(CN2C(=O)COc3ccc(N)cc32)C1. The number of hydrogen-bond acceptors (Lipinski definition) is 5. The summed E-state index contributed by atoms with van der Waals surface area (Å²) in [6.45, 7) is 6.25. The number of nitrogens with two attached hydrogens (primary N) is 1. The third kappa shape index (κ3) is 2.96. The van der Waals surface area contributed by atoms with Gasteiger partial charge in [-0.1, -0.05) is 6.92 Å². The number of carbonyl (C=O) groups excluding carboxylic acids is 1. The smallest absolute Gasteiger partial charge is 0.265 e. The van der Waals surface area contributed by atoms with Crippen LogP contribution in [0.3, 0.4) is 0 Å². The second-order valence-electron chi connectivity index (χ2n) is 5.41. The van der Waals surface area contributed by atoms with Gasteiger partial charge in [-0.3, -0.25) is 9.69 Å². The lowest BCUT2D eigenvalue weighted by atomic mass is 10.1. The molecule has 114 valence electrons. The molecule has 3 rings (SSSR count). The lowest BCUT2D eigenvalue weighted by molar-refractivity contribution is -0.122. The van der Waals surface area contributed by atoms with Crippen LogP contribution in [0.5, 0.6) is 5.75 Å². The van der Waals surface area contributed by atoms with Crippen LogP contribution in [0.15, 0.2) is 18.2 Å². The number of morpholine rings is 1. The third-order valence-electron chi connectivity index (χ3n) is 3.98. The van der Waals surface area contributed by atoms with Crippen molar-refractivity contribution in [3.8, 4) is 5.75 Å². The highest BCUT2D eigenvalue weighted by Crippen LogP contribution is 2.34. The maximum absolute atomic E-state index is 12.2. The van der Waals surface area contributed by atoms with Gasteiger partial charge in [0.25, 0.3) is 5.91 Å². The van der Waals surface area contributed by atoms with E-state index in [0.29, 0.717) is 24.6 Å². The summed E-state index contributed by atoms with van der Waals surface area (Å²) >= 11 is 0. The van der Waals surface area contributed by atoms with Gasteiger partial charge in [0, 0.05) is 18.8 Å². The summed E-state index contributed by atoms with van der Waals surface area (Å²) in [6.07, 6.45) is 0.0232. The van der Waals surface area contributed by atoms with E-state index in [1.54, 1.807) is 17.0 Å². The fraction of sp³-hybridized carbons (Fsp3) is 0.533. The Hall–Kier alpha value is -1.79. The van der Waals surface area contributed by atoms with Crippen LogP contribution in [0, 0.1) is 0 Å². The van der Waals surface area contributed by atoms with E-state index in [-0.39, 0.29) is 18.6 Å². The van der Waals surface area contributed by atoms with Gasteiger partial charge in [0.1, 0.15) is 5.75 Å². The molecule has 0 spiro atoms. The van der Waals surface area contributed by atoms with Crippen molar-refractivity contribution in [2.45, 2.75) is 13.0 Å². The molecule has 21 heavy (non-hydrogen) atoms. The minimum atomic E-state index is -0.0506. The van der Waals surface area contributed by atoms with E-state index < -0.39 is 0 Å². The first-order valence-electron chi connectivity index (χ1n) is 7.34. The maximum Gasteiger partial charge on any atom is 0.265 e. The summed E-state index contributed by atoms with van der Waals surface area (Å²) in [5.41, 5.74) is 7.19. The summed E-state index contributed by atoms with van der Waals surface area (Å²) < 4.78 is 11.3. The Morgan fingerprint density at radius 3 is 3.10 bits per heavy atom. The number of carbonyl (C=O) groups is 1. The van der Waals surface area contributed by atoms with E-state index in [1.165, 1.54) is 0 Å². The van der Waals surface area contributed by atoms with Crippen LogP contribution < -0.4 is 15.4 Å². The number of anilines is 2. The lowest BCUT2D eigenvalue weighted by Gasteiger charge is -2.37. The molecule has 1 amide bonds. The molecule has 1 aromatic rings. The molecule has 2 aliphatic rings. The Morgan fingerprint density at radius 1 is 1.43 bits per heavy atom. The van der Waals surface area contributed by atoms with E-state index in [4.69, 9.17) is 15.2 Å². The van der Waals surface area contributed by atoms with Crippen molar-refractivity contribution in [2.75, 3.05) is 50.0 Å². The number of benzene rings is 1. The molecule has 2 aliphatic heterocycles. The molecule has 0 bridgehead atoms. The van der Waals surface area contributed by atoms with Crippen LogP contribution in [0.4, 0.5) is 11.4 Å². The Labute approximate surface area is 124 Å². The summed E-state index contributed by atoms with van der Waals surface area (Å²) in [5, 5.41) is 0. The summed E-state index contributed by atoms with van der Waals surface area (Å²) in [5.74, 6) is 0.650. The normalized spacial score (nSPS) is 22.8. The zero-order valence-corrected chi connectivity index (χ0v) is 12.2. The summed E-state index contributed by atoms with van der Waals surface area (Å²) in [7, 11) is 0. The average molecular weight is 291 g/mol. The van der Waals surface area contributed by atoms with Crippen molar-refractivity contribution < 1.29 is 14.3 Å². The highest BCUT2D eigenvalue weighted by molar-refractivity contribution is 5.98. The number of hydrogen-bond donors (Lipinski definition) is 1. The number of likely N-dealkylation sites (N-methyl/N-ethyl adjacent to an activating group) is 1. The van der Waals surface area contributed by atoms with E-state index in [0.717, 1.165) is 25.3 Å². The molecule has 1 aromatic carbocycles.